The molecule has 190 valence electrons. The summed E-state index contributed by atoms with van der Waals surface area (Å²) < 4.78 is 32.4. The van der Waals surface area contributed by atoms with Crippen LogP contribution >= 0.6 is 0 Å². The van der Waals surface area contributed by atoms with E-state index in [4.69, 9.17) is 19.3 Å². The highest BCUT2D eigenvalue weighted by atomic mass is 19.1. The summed E-state index contributed by atoms with van der Waals surface area (Å²) >= 11 is 0. The van der Waals surface area contributed by atoms with Crippen molar-refractivity contribution < 1.29 is 23.7 Å². The van der Waals surface area contributed by atoms with Gasteiger partial charge in [-0.25, -0.2) is 9.07 Å². The van der Waals surface area contributed by atoms with E-state index in [2.05, 4.69) is 11.8 Å². The van der Waals surface area contributed by atoms with Crippen LogP contribution in [-0.2, 0) is 16.0 Å². The van der Waals surface area contributed by atoms with Gasteiger partial charge in [-0.05, 0) is 49.7 Å². The molecule has 0 spiro atoms. The van der Waals surface area contributed by atoms with E-state index in [1.54, 1.807) is 23.9 Å². The number of methoxy groups -OCH3 is 1. The van der Waals surface area contributed by atoms with Crippen LogP contribution in [0.1, 0.15) is 31.0 Å². The molecule has 0 saturated heterocycles. The molecule has 0 saturated carbocycles. The molecular weight excluding hydrogens is 449 g/mol. The molecule has 3 aromatic rings. The first kappa shape index (κ1) is 26.8. The number of ether oxygens (including phenoxy) is 3. The summed E-state index contributed by atoms with van der Waals surface area (Å²) in [6.45, 7) is 7.01. The number of nitrogens with zero attached hydrogens (tertiary/aromatic N) is 3. The fourth-order valence-electron chi connectivity index (χ4n) is 3.68. The molecule has 1 aromatic heterocycles. The van der Waals surface area contributed by atoms with Crippen LogP contribution in [0, 0.1) is 12.7 Å². The van der Waals surface area contributed by atoms with Crippen molar-refractivity contribution in [3.05, 3.63) is 71.7 Å². The maximum absolute atomic E-state index is 13.5. The summed E-state index contributed by atoms with van der Waals surface area (Å²) in [6, 6.07) is 15.6. The highest BCUT2D eigenvalue weighted by Crippen LogP contribution is 2.31. The van der Waals surface area contributed by atoms with Gasteiger partial charge in [0.25, 0.3) is 0 Å². The molecule has 8 heteroatoms. The van der Waals surface area contributed by atoms with E-state index in [9.17, 15) is 9.50 Å². The first-order valence-electron chi connectivity index (χ1n) is 12.1. The highest BCUT2D eigenvalue weighted by Gasteiger charge is 2.22. The van der Waals surface area contributed by atoms with E-state index in [1.165, 1.54) is 12.1 Å². The Balaban J connectivity index is 1.86. The van der Waals surface area contributed by atoms with Gasteiger partial charge in [0.05, 0.1) is 36.3 Å². The number of aromatic nitrogens is 2. The van der Waals surface area contributed by atoms with Crippen LogP contribution in [0.4, 0.5) is 4.39 Å². The summed E-state index contributed by atoms with van der Waals surface area (Å²) in [4.78, 5) is 2.11. The summed E-state index contributed by atoms with van der Waals surface area (Å²) in [7, 11) is 1.66. The molecule has 2 aromatic carbocycles. The number of unbranched alkanes of at least 4 members (excludes halogenated alkanes) is 1. The van der Waals surface area contributed by atoms with Crippen molar-refractivity contribution in [1.29, 1.82) is 0 Å². The molecule has 0 bridgehead atoms. The molecule has 35 heavy (non-hydrogen) atoms. The van der Waals surface area contributed by atoms with Gasteiger partial charge in [-0.15, -0.1) is 0 Å². The van der Waals surface area contributed by atoms with Gasteiger partial charge in [-0.3, -0.25) is 4.90 Å². The number of rotatable bonds is 15. The van der Waals surface area contributed by atoms with Crippen molar-refractivity contribution in [2.75, 3.05) is 40.0 Å². The fraction of sp³-hybridized carbons (Fsp3) is 0.444. The maximum atomic E-state index is 13.5. The van der Waals surface area contributed by atoms with Crippen LogP contribution in [0.3, 0.4) is 0 Å². The third-order valence-electron chi connectivity index (χ3n) is 5.58. The van der Waals surface area contributed by atoms with Crippen molar-refractivity contribution in [2.24, 2.45) is 0 Å². The second kappa shape index (κ2) is 13.9. The van der Waals surface area contributed by atoms with Crippen LogP contribution in [-0.4, -0.2) is 65.9 Å². The highest BCUT2D eigenvalue weighted by molar-refractivity contribution is 5.43. The number of aliphatic hydroxyl groups excluding tert-OH is 1. The molecule has 0 amide bonds. The third-order valence-corrected chi connectivity index (χ3v) is 5.58. The number of hydrogen-bond donors (Lipinski definition) is 1. The van der Waals surface area contributed by atoms with Gasteiger partial charge >= 0.3 is 0 Å². The first-order chi connectivity index (χ1) is 17.0. The van der Waals surface area contributed by atoms with E-state index < -0.39 is 6.10 Å². The number of aliphatic hydroxyl groups is 1. The zero-order valence-electron chi connectivity index (χ0n) is 20.8. The van der Waals surface area contributed by atoms with Crippen LogP contribution in [0.5, 0.6) is 11.6 Å². The molecule has 1 N–H and O–H groups in total. The fourth-order valence-corrected chi connectivity index (χ4v) is 3.68. The third kappa shape index (κ3) is 8.14. The molecule has 7 nitrogen and oxygen atoms in total. The Morgan fingerprint density at radius 2 is 1.83 bits per heavy atom. The van der Waals surface area contributed by atoms with E-state index in [0.717, 1.165) is 29.8 Å². The topological polar surface area (TPSA) is 69.0 Å². The molecule has 1 heterocycles. The lowest BCUT2D eigenvalue weighted by Gasteiger charge is -2.25. The minimum absolute atomic E-state index is 0.282. The van der Waals surface area contributed by atoms with Crippen molar-refractivity contribution in [3.8, 4) is 17.3 Å². The van der Waals surface area contributed by atoms with Crippen molar-refractivity contribution >= 4 is 0 Å². The quantitative estimate of drug-likeness (QED) is 0.314. The van der Waals surface area contributed by atoms with Crippen molar-refractivity contribution in [1.82, 2.24) is 14.7 Å². The molecule has 0 aliphatic heterocycles. The number of hydrogen-bond acceptors (Lipinski definition) is 6. The Labute approximate surface area is 207 Å². The summed E-state index contributed by atoms with van der Waals surface area (Å²) in [6.07, 6.45) is 1.40. The number of benzene rings is 2. The van der Waals surface area contributed by atoms with Crippen LogP contribution in [0.2, 0.25) is 0 Å². The normalized spacial score (nSPS) is 12.3. The van der Waals surface area contributed by atoms with Gasteiger partial charge in [0.15, 0.2) is 0 Å². The smallest absolute Gasteiger partial charge is 0.227 e. The standard InChI is InChI=1S/C27H36FN3O4/c1-4-5-16-34-20-24(32)18-30(15-17-33-3)19-26-21(2)29-31(23-9-7-6-8-10-23)27(26)35-25-13-11-22(28)12-14-25/h6-14,24,32H,4-5,15-20H2,1-3H3. The van der Waals surface area contributed by atoms with Gasteiger partial charge in [0, 0.05) is 33.4 Å². The molecule has 0 aliphatic carbocycles. The van der Waals surface area contributed by atoms with Crippen LogP contribution in [0.15, 0.2) is 54.6 Å². The second-order valence-electron chi connectivity index (χ2n) is 8.48. The van der Waals surface area contributed by atoms with E-state index >= 15 is 0 Å². The molecule has 0 aliphatic rings. The predicted molar refractivity (Wildman–Crippen MR) is 134 cm³/mol. The van der Waals surface area contributed by atoms with E-state index in [1.807, 2.05) is 37.3 Å². The summed E-state index contributed by atoms with van der Waals surface area (Å²) in [5, 5.41) is 15.3. The molecule has 1 atom stereocenters. The lowest BCUT2D eigenvalue weighted by molar-refractivity contribution is 0.0100. The predicted octanol–water partition coefficient (Wildman–Crippen LogP) is 4.74. The molecule has 0 fully saturated rings. The second-order valence-corrected chi connectivity index (χ2v) is 8.48. The Bertz CT molecular complexity index is 1010. The lowest BCUT2D eigenvalue weighted by atomic mass is 10.2. The number of para-hydroxylation sites is 1. The SMILES string of the molecule is CCCCOCC(O)CN(CCOC)Cc1c(C)nn(-c2ccccc2)c1Oc1ccc(F)cc1. The van der Waals surface area contributed by atoms with Gasteiger partial charge in [0.1, 0.15) is 11.6 Å². The van der Waals surface area contributed by atoms with Crippen LogP contribution in [0.25, 0.3) is 5.69 Å². The average molecular weight is 486 g/mol. The number of aryl methyl sites for hydroxylation is 1. The van der Waals surface area contributed by atoms with Crippen LogP contribution < -0.4 is 4.74 Å². The minimum Gasteiger partial charge on any atom is -0.439 e. The Morgan fingerprint density at radius 1 is 1.09 bits per heavy atom. The summed E-state index contributed by atoms with van der Waals surface area (Å²) in [5.74, 6) is 0.736. The average Bonchev–Trinajstić information content (AvgIpc) is 3.17. The van der Waals surface area contributed by atoms with Gasteiger partial charge < -0.3 is 19.3 Å². The molecule has 1 unspecified atom stereocenters. The monoisotopic (exact) mass is 485 g/mol. The van der Waals surface area contributed by atoms with Gasteiger partial charge in [0.2, 0.25) is 5.88 Å². The Morgan fingerprint density at radius 3 is 2.51 bits per heavy atom. The number of halogens is 1. The van der Waals surface area contributed by atoms with Gasteiger partial charge in [-0.1, -0.05) is 31.5 Å². The first-order valence-corrected chi connectivity index (χ1v) is 12.1. The maximum Gasteiger partial charge on any atom is 0.227 e. The van der Waals surface area contributed by atoms with Gasteiger partial charge in [-0.2, -0.15) is 5.10 Å². The lowest BCUT2D eigenvalue weighted by Crippen LogP contribution is -2.36. The van der Waals surface area contributed by atoms with E-state index in [-0.39, 0.29) is 12.4 Å². The van der Waals surface area contributed by atoms with Crippen molar-refractivity contribution in [3.63, 3.8) is 0 Å². The zero-order valence-corrected chi connectivity index (χ0v) is 20.8. The molecular formula is C27H36FN3O4. The Kier molecular flexibility index (Phi) is 10.7. The Hall–Kier alpha value is -2.78. The zero-order chi connectivity index (χ0) is 25.0. The minimum atomic E-state index is -0.630. The summed E-state index contributed by atoms with van der Waals surface area (Å²) in [5.41, 5.74) is 2.54. The largest absolute Gasteiger partial charge is 0.439 e. The molecule has 0 radical (unpaired) electrons. The van der Waals surface area contributed by atoms with E-state index in [0.29, 0.717) is 44.5 Å². The molecule has 3 rings (SSSR count). The van der Waals surface area contributed by atoms with Crippen molar-refractivity contribution in [2.45, 2.75) is 39.3 Å².